The summed E-state index contributed by atoms with van der Waals surface area (Å²) in [5.74, 6) is 0. The number of fused-ring (bicyclic) bond motifs is 2. The van der Waals surface area contributed by atoms with E-state index in [9.17, 15) is 0 Å². The molecule has 1 aliphatic heterocycles. The van der Waals surface area contributed by atoms with Gasteiger partial charge in [-0.25, -0.2) is 0 Å². The fourth-order valence-electron chi connectivity index (χ4n) is 4.15. The van der Waals surface area contributed by atoms with Gasteiger partial charge in [-0.1, -0.05) is 24.3 Å². The molecule has 2 nitrogen and oxygen atoms in total. The Hall–Kier alpha value is -0.860. The smallest absolute Gasteiger partial charge is 0.105 e. The highest BCUT2D eigenvalue weighted by atomic mass is 15.4. The van der Waals surface area contributed by atoms with Crippen molar-refractivity contribution in [2.75, 3.05) is 13.1 Å². The van der Waals surface area contributed by atoms with Crippen LogP contribution >= 0.6 is 0 Å². The molecule has 1 spiro atoms. The van der Waals surface area contributed by atoms with E-state index in [1.54, 1.807) is 11.1 Å². The molecule has 1 saturated heterocycles. The van der Waals surface area contributed by atoms with E-state index in [2.05, 4.69) is 61.8 Å². The zero-order valence-electron chi connectivity index (χ0n) is 12.7. The Morgan fingerprint density at radius 2 is 1.53 bits per heavy atom. The van der Waals surface area contributed by atoms with Gasteiger partial charge in [0.25, 0.3) is 0 Å². The number of rotatable bonds is 2. The summed E-state index contributed by atoms with van der Waals surface area (Å²) < 4.78 is 0. The predicted molar refractivity (Wildman–Crippen MR) is 80.1 cm³/mol. The number of nitrogens with zero attached hydrogens (tertiary/aromatic N) is 2. The SMILES string of the molecule is CC(C)N1CCCN(C(C)C)C12Cc1ccccc12. The third-order valence-corrected chi connectivity index (χ3v) is 4.88. The third kappa shape index (κ3) is 1.77. The molecule has 3 rings (SSSR count). The fourth-order valence-corrected chi connectivity index (χ4v) is 4.15. The van der Waals surface area contributed by atoms with Crippen molar-refractivity contribution in [1.29, 1.82) is 0 Å². The monoisotopic (exact) mass is 258 g/mol. The largest absolute Gasteiger partial charge is 0.279 e. The summed E-state index contributed by atoms with van der Waals surface area (Å²) in [7, 11) is 0. The van der Waals surface area contributed by atoms with E-state index in [0.29, 0.717) is 12.1 Å². The first-order chi connectivity index (χ1) is 9.07. The Kier molecular flexibility index (Phi) is 3.18. The molecular weight excluding hydrogens is 232 g/mol. The highest BCUT2D eigenvalue weighted by Gasteiger charge is 2.54. The fraction of sp³-hybridized carbons (Fsp3) is 0.647. The molecular formula is C17H26N2. The van der Waals surface area contributed by atoms with Crippen molar-refractivity contribution in [3.8, 4) is 0 Å². The van der Waals surface area contributed by atoms with Gasteiger partial charge in [-0.2, -0.15) is 0 Å². The van der Waals surface area contributed by atoms with Crippen LogP contribution in [0.3, 0.4) is 0 Å². The van der Waals surface area contributed by atoms with Gasteiger partial charge in [0.2, 0.25) is 0 Å². The van der Waals surface area contributed by atoms with Crippen LogP contribution in [0.15, 0.2) is 24.3 Å². The van der Waals surface area contributed by atoms with Crippen molar-refractivity contribution in [2.24, 2.45) is 0 Å². The molecule has 1 aromatic rings. The van der Waals surface area contributed by atoms with E-state index in [0.717, 1.165) is 0 Å². The van der Waals surface area contributed by atoms with Gasteiger partial charge in [-0.05, 0) is 45.2 Å². The minimum Gasteiger partial charge on any atom is -0.279 e. The van der Waals surface area contributed by atoms with Crippen LogP contribution in [0.25, 0.3) is 0 Å². The van der Waals surface area contributed by atoms with Crippen molar-refractivity contribution in [3.05, 3.63) is 35.4 Å². The zero-order chi connectivity index (χ0) is 13.6. The molecule has 1 aromatic carbocycles. The van der Waals surface area contributed by atoms with E-state index >= 15 is 0 Å². The Bertz CT molecular complexity index is 448. The van der Waals surface area contributed by atoms with Gasteiger partial charge < -0.3 is 0 Å². The molecule has 0 bridgehead atoms. The van der Waals surface area contributed by atoms with Crippen molar-refractivity contribution in [3.63, 3.8) is 0 Å². The van der Waals surface area contributed by atoms with E-state index < -0.39 is 0 Å². The highest BCUT2D eigenvalue weighted by molar-refractivity contribution is 5.44. The van der Waals surface area contributed by atoms with E-state index in [4.69, 9.17) is 0 Å². The lowest BCUT2D eigenvalue weighted by Crippen LogP contribution is -2.70. The standard InChI is InChI=1S/C17H26N2/c1-13(2)18-10-7-11-19(14(3)4)17(18)12-15-8-5-6-9-16(15)17/h5-6,8-9,13-14H,7,10-12H2,1-4H3. The quantitative estimate of drug-likeness (QED) is 0.803. The summed E-state index contributed by atoms with van der Waals surface area (Å²) >= 11 is 0. The number of benzene rings is 1. The molecule has 1 fully saturated rings. The van der Waals surface area contributed by atoms with Crippen molar-refractivity contribution in [2.45, 2.75) is 58.3 Å². The Morgan fingerprint density at radius 1 is 0.947 bits per heavy atom. The normalized spacial score (nSPS) is 22.8. The van der Waals surface area contributed by atoms with Gasteiger partial charge in [0, 0.05) is 31.6 Å². The Morgan fingerprint density at radius 3 is 2.05 bits per heavy atom. The summed E-state index contributed by atoms with van der Waals surface area (Å²) in [6.45, 7) is 11.8. The Balaban J connectivity index is 2.07. The summed E-state index contributed by atoms with van der Waals surface area (Å²) in [5.41, 5.74) is 3.27. The third-order valence-electron chi connectivity index (χ3n) is 4.88. The minimum absolute atomic E-state index is 0.178. The average molecular weight is 258 g/mol. The van der Waals surface area contributed by atoms with Gasteiger partial charge in [-0.15, -0.1) is 0 Å². The average Bonchev–Trinajstić information content (AvgIpc) is 2.36. The molecule has 0 saturated carbocycles. The molecule has 0 radical (unpaired) electrons. The maximum Gasteiger partial charge on any atom is 0.105 e. The predicted octanol–water partition coefficient (Wildman–Crippen LogP) is 3.22. The molecule has 2 aliphatic rings. The molecule has 0 atom stereocenters. The summed E-state index contributed by atoms with van der Waals surface area (Å²) in [6.07, 6.45) is 2.49. The lowest BCUT2D eigenvalue weighted by atomic mass is 9.72. The second kappa shape index (κ2) is 4.60. The molecule has 19 heavy (non-hydrogen) atoms. The van der Waals surface area contributed by atoms with Gasteiger partial charge in [-0.3, -0.25) is 9.80 Å². The van der Waals surface area contributed by atoms with Gasteiger partial charge in [0.05, 0.1) is 0 Å². The first kappa shape index (κ1) is 13.1. The summed E-state index contributed by atoms with van der Waals surface area (Å²) in [6, 6.07) is 10.2. The van der Waals surface area contributed by atoms with Crippen LogP contribution in [0.4, 0.5) is 0 Å². The second-order valence-corrected chi connectivity index (χ2v) is 6.58. The Labute approximate surface area is 117 Å². The van der Waals surface area contributed by atoms with Crippen LogP contribution in [0.5, 0.6) is 0 Å². The summed E-state index contributed by atoms with van der Waals surface area (Å²) in [4.78, 5) is 5.44. The molecule has 0 aromatic heterocycles. The molecule has 0 amide bonds. The molecule has 2 heteroatoms. The van der Waals surface area contributed by atoms with Crippen molar-refractivity contribution >= 4 is 0 Å². The van der Waals surface area contributed by atoms with Gasteiger partial charge >= 0.3 is 0 Å². The van der Waals surface area contributed by atoms with Gasteiger partial charge in [0.1, 0.15) is 5.66 Å². The maximum atomic E-state index is 2.72. The molecule has 1 heterocycles. The van der Waals surface area contributed by atoms with Crippen LogP contribution in [0.1, 0.15) is 45.2 Å². The van der Waals surface area contributed by atoms with Crippen LogP contribution in [0, 0.1) is 0 Å². The zero-order valence-corrected chi connectivity index (χ0v) is 12.7. The lowest BCUT2D eigenvalue weighted by molar-refractivity contribution is -0.142. The molecule has 0 N–H and O–H groups in total. The molecule has 104 valence electrons. The first-order valence-electron chi connectivity index (χ1n) is 7.69. The molecule has 1 aliphatic carbocycles. The van der Waals surface area contributed by atoms with Crippen LogP contribution < -0.4 is 0 Å². The minimum atomic E-state index is 0.178. The second-order valence-electron chi connectivity index (χ2n) is 6.58. The lowest BCUT2D eigenvalue weighted by Gasteiger charge is -2.62. The topological polar surface area (TPSA) is 6.48 Å². The first-order valence-corrected chi connectivity index (χ1v) is 7.69. The maximum absolute atomic E-state index is 2.72. The number of hydrogen-bond acceptors (Lipinski definition) is 2. The van der Waals surface area contributed by atoms with Crippen molar-refractivity contribution in [1.82, 2.24) is 9.80 Å². The van der Waals surface area contributed by atoms with Crippen LogP contribution in [0.2, 0.25) is 0 Å². The number of hydrogen-bond donors (Lipinski definition) is 0. The van der Waals surface area contributed by atoms with Crippen LogP contribution in [-0.4, -0.2) is 35.0 Å². The highest BCUT2D eigenvalue weighted by Crippen LogP contribution is 2.49. The van der Waals surface area contributed by atoms with Gasteiger partial charge in [0.15, 0.2) is 0 Å². The molecule has 0 unspecified atom stereocenters. The van der Waals surface area contributed by atoms with E-state index in [-0.39, 0.29) is 5.66 Å². The van der Waals surface area contributed by atoms with E-state index in [1.165, 1.54) is 25.9 Å². The van der Waals surface area contributed by atoms with Crippen LogP contribution in [-0.2, 0) is 12.1 Å². The van der Waals surface area contributed by atoms with E-state index in [1.807, 2.05) is 0 Å². The van der Waals surface area contributed by atoms with Crippen molar-refractivity contribution < 1.29 is 0 Å². The summed E-state index contributed by atoms with van der Waals surface area (Å²) in [5, 5.41) is 0.